The molecule has 0 bridgehead atoms. The molecule has 0 amide bonds. The molecule has 0 unspecified atom stereocenters. The molecule has 0 aliphatic carbocycles. The predicted molar refractivity (Wildman–Crippen MR) is 108 cm³/mol. The standard InChI is InChI=1S/C21H14ClF2N3S/c22-19-9-5-4-8-18(19)20-25-26-21(27(20)17-6-2-1-3-7-17)28-13-14-10-15(23)12-16(24)11-14/h1-12H,13H2. The zero-order valence-corrected chi connectivity index (χ0v) is 16.1. The fourth-order valence-electron chi connectivity index (χ4n) is 2.83. The summed E-state index contributed by atoms with van der Waals surface area (Å²) >= 11 is 7.71. The molecule has 4 rings (SSSR count). The summed E-state index contributed by atoms with van der Waals surface area (Å²) < 4.78 is 28.8. The molecular formula is C21H14ClF2N3S. The van der Waals surface area contributed by atoms with Crippen LogP contribution in [0.3, 0.4) is 0 Å². The predicted octanol–water partition coefficient (Wildman–Crippen LogP) is 6.16. The van der Waals surface area contributed by atoms with E-state index in [1.165, 1.54) is 23.9 Å². The first-order valence-electron chi connectivity index (χ1n) is 8.45. The van der Waals surface area contributed by atoms with Crippen LogP contribution in [0.4, 0.5) is 8.78 Å². The van der Waals surface area contributed by atoms with Gasteiger partial charge in [0.2, 0.25) is 0 Å². The molecule has 3 aromatic carbocycles. The normalized spacial score (nSPS) is 11.0. The van der Waals surface area contributed by atoms with Crippen molar-refractivity contribution in [3.05, 3.63) is 95.0 Å². The minimum Gasteiger partial charge on any atom is -0.270 e. The lowest BCUT2D eigenvalue weighted by molar-refractivity contribution is 0.581. The summed E-state index contributed by atoms with van der Waals surface area (Å²) in [6.45, 7) is 0. The Morgan fingerprint density at radius 1 is 0.857 bits per heavy atom. The van der Waals surface area contributed by atoms with E-state index in [0.29, 0.717) is 27.3 Å². The number of aromatic nitrogens is 3. The van der Waals surface area contributed by atoms with Crippen molar-refractivity contribution in [1.82, 2.24) is 14.8 Å². The van der Waals surface area contributed by atoms with Crippen molar-refractivity contribution in [2.45, 2.75) is 10.9 Å². The fourth-order valence-corrected chi connectivity index (χ4v) is 3.93. The summed E-state index contributed by atoms with van der Waals surface area (Å²) in [5, 5.41) is 9.80. The van der Waals surface area contributed by atoms with Crippen molar-refractivity contribution in [1.29, 1.82) is 0 Å². The Bertz CT molecular complexity index is 1100. The van der Waals surface area contributed by atoms with Gasteiger partial charge in [0, 0.05) is 23.1 Å². The highest BCUT2D eigenvalue weighted by Crippen LogP contribution is 2.33. The van der Waals surface area contributed by atoms with Gasteiger partial charge in [0.05, 0.1) is 5.02 Å². The average molecular weight is 414 g/mol. The van der Waals surface area contributed by atoms with Crippen LogP contribution in [0.25, 0.3) is 17.1 Å². The molecule has 4 aromatic rings. The quantitative estimate of drug-likeness (QED) is 0.367. The van der Waals surface area contributed by atoms with Gasteiger partial charge >= 0.3 is 0 Å². The molecule has 0 fully saturated rings. The lowest BCUT2D eigenvalue weighted by Crippen LogP contribution is -2.00. The molecule has 0 aliphatic heterocycles. The number of rotatable bonds is 5. The maximum Gasteiger partial charge on any atom is 0.196 e. The van der Waals surface area contributed by atoms with E-state index in [9.17, 15) is 8.78 Å². The van der Waals surface area contributed by atoms with Gasteiger partial charge in [0.1, 0.15) is 11.6 Å². The van der Waals surface area contributed by atoms with Gasteiger partial charge in [-0.15, -0.1) is 10.2 Å². The number of benzene rings is 3. The van der Waals surface area contributed by atoms with Gasteiger partial charge in [0.25, 0.3) is 0 Å². The second-order valence-electron chi connectivity index (χ2n) is 6.02. The van der Waals surface area contributed by atoms with Crippen molar-refractivity contribution in [3.63, 3.8) is 0 Å². The molecule has 0 N–H and O–H groups in total. The highest BCUT2D eigenvalue weighted by Gasteiger charge is 2.18. The van der Waals surface area contributed by atoms with Gasteiger partial charge in [-0.25, -0.2) is 8.78 Å². The average Bonchev–Trinajstić information content (AvgIpc) is 3.10. The summed E-state index contributed by atoms with van der Waals surface area (Å²) in [7, 11) is 0. The fraction of sp³-hybridized carbons (Fsp3) is 0.0476. The molecule has 140 valence electrons. The van der Waals surface area contributed by atoms with E-state index >= 15 is 0 Å². The van der Waals surface area contributed by atoms with Crippen LogP contribution in [0.2, 0.25) is 5.02 Å². The minimum atomic E-state index is -0.600. The summed E-state index contributed by atoms with van der Waals surface area (Å²) in [6.07, 6.45) is 0. The lowest BCUT2D eigenvalue weighted by atomic mass is 10.2. The van der Waals surface area contributed by atoms with Crippen LogP contribution >= 0.6 is 23.4 Å². The second kappa shape index (κ2) is 8.12. The largest absolute Gasteiger partial charge is 0.270 e. The summed E-state index contributed by atoms with van der Waals surface area (Å²) in [5.74, 6) is -0.249. The zero-order chi connectivity index (χ0) is 19.5. The monoisotopic (exact) mass is 413 g/mol. The Kier molecular flexibility index (Phi) is 5.41. The Morgan fingerprint density at radius 3 is 2.25 bits per heavy atom. The Balaban J connectivity index is 1.74. The van der Waals surface area contributed by atoms with Crippen LogP contribution in [0.5, 0.6) is 0 Å². The molecule has 0 atom stereocenters. The first-order chi connectivity index (χ1) is 13.6. The van der Waals surface area contributed by atoms with E-state index in [2.05, 4.69) is 10.2 Å². The Hall–Kier alpha value is -2.70. The van der Waals surface area contributed by atoms with Gasteiger partial charge in [-0.1, -0.05) is 53.7 Å². The molecule has 7 heteroatoms. The topological polar surface area (TPSA) is 30.7 Å². The molecule has 0 saturated carbocycles. The second-order valence-corrected chi connectivity index (χ2v) is 7.37. The van der Waals surface area contributed by atoms with Gasteiger partial charge in [-0.2, -0.15) is 0 Å². The third kappa shape index (κ3) is 3.93. The molecular weight excluding hydrogens is 400 g/mol. The van der Waals surface area contributed by atoms with E-state index in [1.807, 2.05) is 53.1 Å². The third-order valence-corrected chi connectivity index (χ3v) is 5.38. The van der Waals surface area contributed by atoms with Crippen LogP contribution < -0.4 is 0 Å². The highest BCUT2D eigenvalue weighted by molar-refractivity contribution is 7.98. The lowest BCUT2D eigenvalue weighted by Gasteiger charge is -2.11. The van der Waals surface area contributed by atoms with Crippen molar-refractivity contribution >= 4 is 23.4 Å². The number of hydrogen-bond acceptors (Lipinski definition) is 3. The molecule has 0 radical (unpaired) electrons. The maximum atomic E-state index is 13.5. The van der Waals surface area contributed by atoms with Gasteiger partial charge in [-0.3, -0.25) is 4.57 Å². The Morgan fingerprint density at radius 2 is 1.54 bits per heavy atom. The van der Waals surface area contributed by atoms with Crippen LogP contribution in [0.15, 0.2) is 78.0 Å². The summed E-state index contributed by atoms with van der Waals surface area (Å²) in [6, 6.07) is 20.5. The molecule has 0 spiro atoms. The van der Waals surface area contributed by atoms with Crippen molar-refractivity contribution in [2.24, 2.45) is 0 Å². The van der Waals surface area contributed by atoms with Crippen LogP contribution in [-0.4, -0.2) is 14.8 Å². The summed E-state index contributed by atoms with van der Waals surface area (Å²) in [4.78, 5) is 0. The van der Waals surface area contributed by atoms with E-state index in [1.54, 1.807) is 6.07 Å². The van der Waals surface area contributed by atoms with Crippen molar-refractivity contribution < 1.29 is 8.78 Å². The zero-order valence-electron chi connectivity index (χ0n) is 14.5. The maximum absolute atomic E-state index is 13.5. The van der Waals surface area contributed by atoms with Gasteiger partial charge in [0.15, 0.2) is 11.0 Å². The van der Waals surface area contributed by atoms with Gasteiger partial charge < -0.3 is 0 Å². The first-order valence-corrected chi connectivity index (χ1v) is 9.81. The highest BCUT2D eigenvalue weighted by atomic mass is 35.5. The molecule has 1 heterocycles. The van der Waals surface area contributed by atoms with Crippen LogP contribution in [-0.2, 0) is 5.75 Å². The number of nitrogens with zero attached hydrogens (tertiary/aromatic N) is 3. The SMILES string of the molecule is Fc1cc(F)cc(CSc2nnc(-c3ccccc3Cl)n2-c2ccccc2)c1. The van der Waals surface area contributed by atoms with E-state index in [4.69, 9.17) is 11.6 Å². The van der Waals surface area contributed by atoms with Crippen molar-refractivity contribution in [3.8, 4) is 17.1 Å². The first kappa shape index (κ1) is 18.7. The van der Waals surface area contributed by atoms with E-state index in [-0.39, 0.29) is 0 Å². The molecule has 0 saturated heterocycles. The molecule has 28 heavy (non-hydrogen) atoms. The smallest absolute Gasteiger partial charge is 0.196 e. The van der Waals surface area contributed by atoms with Crippen molar-refractivity contribution in [2.75, 3.05) is 0 Å². The Labute approximate surface area is 170 Å². The molecule has 1 aromatic heterocycles. The number of halogens is 3. The van der Waals surface area contributed by atoms with E-state index in [0.717, 1.165) is 17.3 Å². The number of thioether (sulfide) groups is 1. The van der Waals surface area contributed by atoms with Gasteiger partial charge in [-0.05, 0) is 42.0 Å². The van der Waals surface area contributed by atoms with Crippen LogP contribution in [0.1, 0.15) is 5.56 Å². The van der Waals surface area contributed by atoms with Crippen LogP contribution in [0, 0.1) is 11.6 Å². The molecule has 3 nitrogen and oxygen atoms in total. The third-order valence-electron chi connectivity index (χ3n) is 4.05. The summed E-state index contributed by atoms with van der Waals surface area (Å²) in [5.41, 5.74) is 2.16. The minimum absolute atomic E-state index is 0.349. The van der Waals surface area contributed by atoms with E-state index < -0.39 is 11.6 Å². The number of para-hydroxylation sites is 1. The number of hydrogen-bond donors (Lipinski definition) is 0. The molecule has 0 aliphatic rings.